The molecular formula is C22H24ClN3O2. The normalized spacial score (nSPS) is 19.3. The molecule has 0 saturated carbocycles. The van der Waals surface area contributed by atoms with Crippen molar-refractivity contribution in [1.82, 2.24) is 9.80 Å². The molecule has 2 heterocycles. The van der Waals surface area contributed by atoms with Crippen molar-refractivity contribution in [3.05, 3.63) is 58.6 Å². The number of fused-ring (bicyclic) bond motifs is 1. The van der Waals surface area contributed by atoms with Crippen LogP contribution in [0.3, 0.4) is 0 Å². The molecular weight excluding hydrogens is 374 g/mol. The monoisotopic (exact) mass is 397 g/mol. The lowest BCUT2D eigenvalue weighted by atomic mass is 10.0. The summed E-state index contributed by atoms with van der Waals surface area (Å²) in [5.41, 5.74) is 3.34. The number of ether oxygens (including phenoxy) is 1. The van der Waals surface area contributed by atoms with Crippen molar-refractivity contribution in [2.45, 2.75) is 0 Å². The van der Waals surface area contributed by atoms with Crippen LogP contribution in [-0.2, 0) is 4.79 Å². The summed E-state index contributed by atoms with van der Waals surface area (Å²) in [5.74, 6) is 0.748. The van der Waals surface area contributed by atoms with Gasteiger partial charge in [-0.15, -0.1) is 0 Å². The second kappa shape index (κ2) is 7.95. The number of hydrogen-bond donors (Lipinski definition) is 0. The summed E-state index contributed by atoms with van der Waals surface area (Å²) in [4.78, 5) is 19.8. The zero-order valence-electron chi connectivity index (χ0n) is 16.2. The molecule has 146 valence electrons. The van der Waals surface area contributed by atoms with Gasteiger partial charge in [0, 0.05) is 47.9 Å². The fourth-order valence-electron chi connectivity index (χ4n) is 3.74. The molecule has 4 rings (SSSR count). The number of methoxy groups -OCH3 is 1. The van der Waals surface area contributed by atoms with Crippen LogP contribution >= 0.6 is 11.6 Å². The van der Waals surface area contributed by atoms with Crippen molar-refractivity contribution >= 4 is 34.8 Å². The van der Waals surface area contributed by atoms with Gasteiger partial charge in [0.15, 0.2) is 0 Å². The SMILES string of the molecule is COc1ccccc1/C=C1\C(=O)N(CN2CCN(C)CC2)c2cc(Cl)ccc21. The first-order valence-corrected chi connectivity index (χ1v) is 9.82. The molecule has 0 N–H and O–H groups in total. The van der Waals surface area contributed by atoms with E-state index in [-0.39, 0.29) is 5.91 Å². The minimum Gasteiger partial charge on any atom is -0.496 e. The summed E-state index contributed by atoms with van der Waals surface area (Å²) < 4.78 is 5.45. The lowest BCUT2D eigenvalue weighted by molar-refractivity contribution is -0.113. The lowest BCUT2D eigenvalue weighted by Gasteiger charge is -2.34. The second-order valence-electron chi connectivity index (χ2n) is 7.26. The van der Waals surface area contributed by atoms with Gasteiger partial charge >= 0.3 is 0 Å². The first-order valence-electron chi connectivity index (χ1n) is 9.44. The van der Waals surface area contributed by atoms with E-state index in [0.29, 0.717) is 17.3 Å². The van der Waals surface area contributed by atoms with Gasteiger partial charge < -0.3 is 9.64 Å². The number of hydrogen-bond acceptors (Lipinski definition) is 4. The molecule has 2 aliphatic rings. The van der Waals surface area contributed by atoms with E-state index in [0.717, 1.165) is 48.7 Å². The molecule has 28 heavy (non-hydrogen) atoms. The third-order valence-corrected chi connectivity index (χ3v) is 5.63. The van der Waals surface area contributed by atoms with Crippen LogP contribution in [-0.4, -0.2) is 62.7 Å². The minimum absolute atomic E-state index is 0.00195. The zero-order valence-corrected chi connectivity index (χ0v) is 16.9. The summed E-state index contributed by atoms with van der Waals surface area (Å²) in [7, 11) is 3.77. The van der Waals surface area contributed by atoms with Gasteiger partial charge in [0.25, 0.3) is 5.91 Å². The van der Waals surface area contributed by atoms with E-state index in [2.05, 4.69) is 16.8 Å². The van der Waals surface area contributed by atoms with Gasteiger partial charge in [-0.2, -0.15) is 0 Å². The number of amides is 1. The van der Waals surface area contributed by atoms with Gasteiger partial charge in [0.05, 0.1) is 19.5 Å². The lowest BCUT2D eigenvalue weighted by Crippen LogP contribution is -2.49. The molecule has 5 nitrogen and oxygen atoms in total. The van der Waals surface area contributed by atoms with Gasteiger partial charge in [-0.1, -0.05) is 35.9 Å². The second-order valence-corrected chi connectivity index (χ2v) is 7.69. The number of rotatable bonds is 4. The van der Waals surface area contributed by atoms with E-state index < -0.39 is 0 Å². The molecule has 0 atom stereocenters. The van der Waals surface area contributed by atoms with Crippen LogP contribution in [0.25, 0.3) is 11.6 Å². The van der Waals surface area contributed by atoms with Crippen LogP contribution in [0.5, 0.6) is 5.75 Å². The zero-order chi connectivity index (χ0) is 19.7. The highest BCUT2D eigenvalue weighted by Gasteiger charge is 2.34. The third-order valence-electron chi connectivity index (χ3n) is 5.39. The van der Waals surface area contributed by atoms with Crippen molar-refractivity contribution in [2.24, 2.45) is 0 Å². The Balaban J connectivity index is 1.70. The Morgan fingerprint density at radius 1 is 1.11 bits per heavy atom. The van der Waals surface area contributed by atoms with Gasteiger partial charge in [-0.25, -0.2) is 0 Å². The molecule has 1 saturated heterocycles. The predicted octanol–water partition coefficient (Wildman–Crippen LogP) is 3.44. The smallest absolute Gasteiger partial charge is 0.260 e. The molecule has 0 spiro atoms. The number of carbonyl (C=O) groups is 1. The van der Waals surface area contributed by atoms with Crippen LogP contribution < -0.4 is 9.64 Å². The number of para-hydroxylation sites is 1. The highest BCUT2D eigenvalue weighted by Crippen LogP contribution is 2.40. The van der Waals surface area contributed by atoms with Gasteiger partial charge in [0.2, 0.25) is 0 Å². The summed E-state index contributed by atoms with van der Waals surface area (Å²) in [6.45, 7) is 4.48. The maximum atomic E-state index is 13.4. The minimum atomic E-state index is 0.00195. The van der Waals surface area contributed by atoms with E-state index in [1.807, 2.05) is 53.4 Å². The standard InChI is InChI=1S/C22H24ClN3O2/c1-24-9-11-25(12-10-24)15-26-20-14-17(23)7-8-18(20)19(22(26)27)13-16-5-3-4-6-21(16)28-2/h3-8,13-14H,9-12,15H2,1-2H3/b19-13-. The van der Waals surface area contributed by atoms with E-state index in [9.17, 15) is 4.79 Å². The van der Waals surface area contributed by atoms with Gasteiger partial charge in [0.1, 0.15) is 5.75 Å². The van der Waals surface area contributed by atoms with Crippen LogP contribution in [0.1, 0.15) is 11.1 Å². The highest BCUT2D eigenvalue weighted by atomic mass is 35.5. The predicted molar refractivity (Wildman–Crippen MR) is 114 cm³/mol. The topological polar surface area (TPSA) is 36.0 Å². The summed E-state index contributed by atoms with van der Waals surface area (Å²) >= 11 is 6.26. The van der Waals surface area contributed by atoms with Crippen LogP contribution in [0.2, 0.25) is 5.02 Å². The maximum absolute atomic E-state index is 13.4. The first kappa shape index (κ1) is 19.0. The molecule has 0 aromatic heterocycles. The average Bonchev–Trinajstić information content (AvgIpc) is 2.95. The molecule has 0 bridgehead atoms. The molecule has 1 amide bonds. The fourth-order valence-corrected chi connectivity index (χ4v) is 3.90. The number of piperazine rings is 1. The largest absolute Gasteiger partial charge is 0.496 e. The Kier molecular flexibility index (Phi) is 5.40. The van der Waals surface area contributed by atoms with Crippen LogP contribution in [0.4, 0.5) is 5.69 Å². The maximum Gasteiger partial charge on any atom is 0.260 e. The van der Waals surface area contributed by atoms with Crippen molar-refractivity contribution in [1.29, 1.82) is 0 Å². The third kappa shape index (κ3) is 3.65. The molecule has 0 radical (unpaired) electrons. The Labute approximate surface area is 170 Å². The van der Waals surface area contributed by atoms with Crippen LogP contribution in [0, 0.1) is 0 Å². The number of anilines is 1. The number of halogens is 1. The van der Waals surface area contributed by atoms with E-state index in [1.165, 1.54) is 0 Å². The van der Waals surface area contributed by atoms with Crippen molar-refractivity contribution in [2.75, 3.05) is 51.9 Å². The molecule has 2 aromatic rings. The Morgan fingerprint density at radius 3 is 2.61 bits per heavy atom. The average molecular weight is 398 g/mol. The van der Waals surface area contributed by atoms with Crippen molar-refractivity contribution in [3.63, 3.8) is 0 Å². The molecule has 2 aromatic carbocycles. The molecule has 1 fully saturated rings. The number of benzene rings is 2. The molecule has 0 aliphatic carbocycles. The fraction of sp³-hybridized carbons (Fsp3) is 0.318. The Hall–Kier alpha value is -2.34. The summed E-state index contributed by atoms with van der Waals surface area (Å²) in [6.07, 6.45) is 1.91. The quantitative estimate of drug-likeness (QED) is 0.740. The summed E-state index contributed by atoms with van der Waals surface area (Å²) in [5, 5.41) is 0.633. The van der Waals surface area contributed by atoms with Crippen LogP contribution in [0.15, 0.2) is 42.5 Å². The van der Waals surface area contributed by atoms with Crippen molar-refractivity contribution in [3.8, 4) is 5.75 Å². The van der Waals surface area contributed by atoms with Gasteiger partial charge in [-0.05, 0) is 31.3 Å². The van der Waals surface area contributed by atoms with E-state index in [1.54, 1.807) is 7.11 Å². The Morgan fingerprint density at radius 2 is 1.86 bits per heavy atom. The van der Waals surface area contributed by atoms with Crippen molar-refractivity contribution < 1.29 is 9.53 Å². The van der Waals surface area contributed by atoms with E-state index >= 15 is 0 Å². The molecule has 0 unspecified atom stereocenters. The van der Waals surface area contributed by atoms with E-state index in [4.69, 9.17) is 16.3 Å². The number of carbonyl (C=O) groups excluding carboxylic acids is 1. The number of nitrogens with zero attached hydrogens (tertiary/aromatic N) is 3. The molecule has 6 heteroatoms. The molecule has 2 aliphatic heterocycles. The summed E-state index contributed by atoms with van der Waals surface area (Å²) in [6, 6.07) is 13.4. The first-order chi connectivity index (χ1) is 13.6. The Bertz CT molecular complexity index is 920. The highest BCUT2D eigenvalue weighted by molar-refractivity contribution is 6.37. The van der Waals surface area contributed by atoms with Gasteiger partial charge in [-0.3, -0.25) is 14.6 Å². The number of likely N-dealkylation sites (N-methyl/N-ethyl adjacent to an activating group) is 1.